The van der Waals surface area contributed by atoms with Crippen molar-refractivity contribution in [3.63, 3.8) is 0 Å². The van der Waals surface area contributed by atoms with E-state index in [4.69, 9.17) is 9.84 Å². The molecule has 0 saturated heterocycles. The van der Waals surface area contributed by atoms with Gasteiger partial charge in [0.25, 0.3) is 0 Å². The van der Waals surface area contributed by atoms with Crippen molar-refractivity contribution in [1.29, 1.82) is 0 Å². The van der Waals surface area contributed by atoms with Gasteiger partial charge in [-0.05, 0) is 13.8 Å². The summed E-state index contributed by atoms with van der Waals surface area (Å²) in [5, 5.41) is 19.8. The number of carbonyl (C=O) groups is 3. The van der Waals surface area contributed by atoms with E-state index in [2.05, 4.69) is 21.2 Å². The van der Waals surface area contributed by atoms with Gasteiger partial charge in [0.2, 0.25) is 5.91 Å². The van der Waals surface area contributed by atoms with E-state index in [9.17, 15) is 19.5 Å². The van der Waals surface area contributed by atoms with Gasteiger partial charge in [0.15, 0.2) is 12.1 Å². The van der Waals surface area contributed by atoms with Crippen molar-refractivity contribution in [3.05, 3.63) is 0 Å². The molecule has 0 aromatic heterocycles. The number of hydrogen-bond donors (Lipinski definition) is 3. The number of aliphatic hydroxyl groups excluding tert-OH is 1. The molecular weight excluding hydrogens is 298 g/mol. The number of hydrogen-bond acceptors (Lipinski definition) is 5. The Morgan fingerprint density at radius 2 is 1.88 bits per heavy atom. The molecule has 0 aliphatic rings. The number of halogens is 1. The highest BCUT2D eigenvalue weighted by Crippen LogP contribution is 2.01. The minimum absolute atomic E-state index is 0.120. The summed E-state index contributed by atoms with van der Waals surface area (Å²) in [5.41, 5.74) is 0. The molecule has 0 rings (SSSR count). The lowest BCUT2D eigenvalue weighted by atomic mass is 10.1. The zero-order chi connectivity index (χ0) is 13.6. The molecule has 0 aliphatic heterocycles. The lowest BCUT2D eigenvalue weighted by Gasteiger charge is -2.20. The SMILES string of the molecule is CC(C)OC(=O)[C@@H](NC(=O)CBr)C(O)C(=O)O. The number of aliphatic carboxylic acids is 1. The summed E-state index contributed by atoms with van der Waals surface area (Å²) in [6, 6.07) is -1.63. The van der Waals surface area contributed by atoms with Crippen LogP contribution < -0.4 is 5.32 Å². The predicted molar refractivity (Wildman–Crippen MR) is 60.6 cm³/mol. The summed E-state index contributed by atoms with van der Waals surface area (Å²) in [7, 11) is 0. The molecule has 17 heavy (non-hydrogen) atoms. The number of amides is 1. The van der Waals surface area contributed by atoms with Crippen LogP contribution in [0.1, 0.15) is 13.8 Å². The topological polar surface area (TPSA) is 113 Å². The predicted octanol–water partition coefficient (Wildman–Crippen LogP) is -0.737. The second-order valence-corrected chi connectivity index (χ2v) is 4.01. The van der Waals surface area contributed by atoms with E-state index in [0.717, 1.165) is 0 Å². The van der Waals surface area contributed by atoms with Gasteiger partial charge in [-0.1, -0.05) is 15.9 Å². The smallest absolute Gasteiger partial charge is 0.335 e. The molecule has 0 aliphatic carbocycles. The highest BCUT2D eigenvalue weighted by atomic mass is 79.9. The Balaban J connectivity index is 4.77. The number of ether oxygens (including phenoxy) is 1. The van der Waals surface area contributed by atoms with Crippen LogP contribution in [0.4, 0.5) is 0 Å². The molecule has 2 atom stereocenters. The summed E-state index contributed by atoms with van der Waals surface area (Å²) in [6.45, 7) is 3.13. The van der Waals surface area contributed by atoms with E-state index in [0.29, 0.717) is 0 Å². The lowest BCUT2D eigenvalue weighted by Crippen LogP contribution is -2.53. The second-order valence-electron chi connectivity index (χ2n) is 3.45. The normalized spacial score (nSPS) is 13.9. The van der Waals surface area contributed by atoms with Gasteiger partial charge in [0.1, 0.15) is 0 Å². The molecular formula is C9H14BrNO6. The van der Waals surface area contributed by atoms with E-state index in [1.165, 1.54) is 0 Å². The van der Waals surface area contributed by atoms with Gasteiger partial charge < -0.3 is 20.3 Å². The molecule has 1 amide bonds. The van der Waals surface area contributed by atoms with Gasteiger partial charge in [0.05, 0.1) is 11.4 Å². The monoisotopic (exact) mass is 311 g/mol. The largest absolute Gasteiger partial charge is 0.479 e. The number of alkyl halides is 1. The first-order chi connectivity index (χ1) is 7.79. The average molecular weight is 312 g/mol. The Labute approximate surface area is 106 Å². The van der Waals surface area contributed by atoms with E-state index in [1.807, 2.05) is 0 Å². The summed E-state index contributed by atoms with van der Waals surface area (Å²) in [6.07, 6.45) is -2.53. The molecule has 0 radical (unpaired) electrons. The van der Waals surface area contributed by atoms with Crippen LogP contribution in [0.5, 0.6) is 0 Å². The van der Waals surface area contributed by atoms with E-state index < -0.39 is 36.1 Å². The fourth-order valence-electron chi connectivity index (χ4n) is 0.927. The van der Waals surface area contributed by atoms with E-state index >= 15 is 0 Å². The zero-order valence-corrected chi connectivity index (χ0v) is 10.9. The van der Waals surface area contributed by atoms with Crippen LogP contribution >= 0.6 is 15.9 Å². The minimum atomic E-state index is -2.05. The van der Waals surface area contributed by atoms with Gasteiger partial charge in [-0.3, -0.25) is 4.79 Å². The van der Waals surface area contributed by atoms with Crippen LogP contribution in [0.2, 0.25) is 0 Å². The van der Waals surface area contributed by atoms with Crippen LogP contribution in [0.3, 0.4) is 0 Å². The molecule has 3 N–H and O–H groups in total. The summed E-state index contributed by atoms with van der Waals surface area (Å²) < 4.78 is 4.74. The van der Waals surface area contributed by atoms with Crippen LogP contribution in [0.15, 0.2) is 0 Å². The number of nitrogens with one attached hydrogen (secondary N) is 1. The van der Waals surface area contributed by atoms with Gasteiger partial charge in [-0.25, -0.2) is 9.59 Å². The maximum atomic E-state index is 11.5. The first-order valence-electron chi connectivity index (χ1n) is 4.76. The summed E-state index contributed by atoms with van der Waals surface area (Å²) in [5.74, 6) is -3.24. The summed E-state index contributed by atoms with van der Waals surface area (Å²) in [4.78, 5) is 33.1. The Morgan fingerprint density at radius 3 is 2.24 bits per heavy atom. The molecule has 98 valence electrons. The van der Waals surface area contributed by atoms with Gasteiger partial charge in [0, 0.05) is 0 Å². The third kappa shape index (κ3) is 5.64. The summed E-state index contributed by atoms with van der Waals surface area (Å²) >= 11 is 2.84. The third-order valence-corrected chi connectivity index (χ3v) is 2.12. The van der Waals surface area contributed by atoms with Crippen molar-refractivity contribution >= 4 is 33.8 Å². The van der Waals surface area contributed by atoms with E-state index in [-0.39, 0.29) is 5.33 Å². The van der Waals surface area contributed by atoms with Gasteiger partial charge >= 0.3 is 11.9 Å². The molecule has 0 aromatic rings. The first-order valence-corrected chi connectivity index (χ1v) is 5.88. The van der Waals surface area contributed by atoms with Crippen molar-refractivity contribution in [2.45, 2.75) is 32.1 Å². The van der Waals surface area contributed by atoms with Crippen LogP contribution in [-0.2, 0) is 19.1 Å². The average Bonchev–Trinajstić information content (AvgIpc) is 2.23. The van der Waals surface area contributed by atoms with Crippen molar-refractivity contribution in [1.82, 2.24) is 5.32 Å². The second kappa shape index (κ2) is 7.23. The molecule has 0 saturated carbocycles. The Hall–Kier alpha value is -1.15. The van der Waals surface area contributed by atoms with Crippen molar-refractivity contribution < 1.29 is 29.3 Å². The number of esters is 1. The maximum Gasteiger partial charge on any atom is 0.335 e. The number of carbonyl (C=O) groups excluding carboxylic acids is 2. The Bertz CT molecular complexity index is 306. The highest BCUT2D eigenvalue weighted by molar-refractivity contribution is 9.09. The fraction of sp³-hybridized carbons (Fsp3) is 0.667. The minimum Gasteiger partial charge on any atom is -0.479 e. The molecule has 1 unspecified atom stereocenters. The third-order valence-electron chi connectivity index (χ3n) is 1.61. The number of carboxylic acids is 1. The van der Waals surface area contributed by atoms with Crippen LogP contribution in [-0.4, -0.2) is 51.6 Å². The van der Waals surface area contributed by atoms with Crippen molar-refractivity contribution in [2.24, 2.45) is 0 Å². The van der Waals surface area contributed by atoms with Crippen LogP contribution in [0.25, 0.3) is 0 Å². The Morgan fingerprint density at radius 1 is 1.35 bits per heavy atom. The van der Waals surface area contributed by atoms with Crippen molar-refractivity contribution in [2.75, 3.05) is 5.33 Å². The maximum absolute atomic E-state index is 11.5. The molecule has 0 heterocycles. The standard InChI is InChI=1S/C9H14BrNO6/c1-4(2)17-9(16)6(7(13)8(14)15)11-5(12)3-10/h4,6-7,13H,3H2,1-2H3,(H,11,12)(H,14,15)/t6-,7?/m0/s1. The first kappa shape index (κ1) is 15.9. The lowest BCUT2D eigenvalue weighted by molar-refractivity contribution is -0.162. The molecule has 0 fully saturated rings. The number of aliphatic hydroxyl groups is 1. The van der Waals surface area contributed by atoms with Crippen molar-refractivity contribution in [3.8, 4) is 0 Å². The van der Waals surface area contributed by atoms with Gasteiger partial charge in [-0.2, -0.15) is 0 Å². The van der Waals surface area contributed by atoms with Gasteiger partial charge in [-0.15, -0.1) is 0 Å². The molecule has 0 bridgehead atoms. The molecule has 0 aromatic carbocycles. The zero-order valence-electron chi connectivity index (χ0n) is 9.34. The number of carboxylic acid groups (broad SMARTS) is 1. The number of rotatable bonds is 6. The highest BCUT2D eigenvalue weighted by Gasteiger charge is 2.35. The molecule has 7 nitrogen and oxygen atoms in total. The Kier molecular flexibility index (Phi) is 6.74. The fourth-order valence-corrected chi connectivity index (χ4v) is 1.09. The van der Waals surface area contributed by atoms with Crippen LogP contribution in [0, 0.1) is 0 Å². The molecule has 0 spiro atoms. The quantitative estimate of drug-likeness (QED) is 0.440. The molecule has 8 heteroatoms. The van der Waals surface area contributed by atoms with E-state index in [1.54, 1.807) is 13.8 Å².